The average Bonchev–Trinajstić information content (AvgIpc) is 3.34. The van der Waals surface area contributed by atoms with Crippen molar-refractivity contribution >= 4 is 23.0 Å². The molecule has 0 radical (unpaired) electrons. The topological polar surface area (TPSA) is 89.4 Å². The fourth-order valence-electron chi connectivity index (χ4n) is 3.93. The monoisotopic (exact) mass is 488 g/mol. The number of aromatic nitrogens is 3. The second kappa shape index (κ2) is 10.5. The molecule has 0 amide bonds. The summed E-state index contributed by atoms with van der Waals surface area (Å²) in [5.41, 5.74) is 3.41. The van der Waals surface area contributed by atoms with E-state index in [0.717, 1.165) is 51.5 Å². The number of hydrogen-bond acceptors (Lipinski definition) is 8. The Kier molecular flexibility index (Phi) is 7.03. The molecule has 1 fully saturated rings. The Morgan fingerprint density at radius 3 is 2.71 bits per heavy atom. The molecule has 0 aliphatic heterocycles. The Morgan fingerprint density at radius 1 is 1.06 bits per heavy atom. The van der Waals surface area contributed by atoms with E-state index in [-0.39, 0.29) is 0 Å². The van der Waals surface area contributed by atoms with E-state index in [9.17, 15) is 5.11 Å². The van der Waals surface area contributed by atoms with Crippen molar-refractivity contribution in [1.82, 2.24) is 15.0 Å². The molecule has 2 aromatic heterocycles. The van der Waals surface area contributed by atoms with E-state index in [1.54, 1.807) is 23.6 Å². The number of aliphatic hydroxyl groups is 1. The maximum Gasteiger partial charge on any atom is 0.230 e. The summed E-state index contributed by atoms with van der Waals surface area (Å²) in [7, 11) is 0. The average molecular weight is 489 g/mol. The van der Waals surface area contributed by atoms with Gasteiger partial charge in [0.1, 0.15) is 17.2 Å². The van der Waals surface area contributed by atoms with Crippen molar-refractivity contribution < 1.29 is 14.6 Å². The molecule has 35 heavy (non-hydrogen) atoms. The highest BCUT2D eigenvalue weighted by atomic mass is 32.1. The van der Waals surface area contributed by atoms with Crippen LogP contribution >= 0.6 is 11.3 Å². The van der Waals surface area contributed by atoms with E-state index in [1.807, 2.05) is 55.6 Å². The zero-order valence-electron chi connectivity index (χ0n) is 19.6. The van der Waals surface area contributed by atoms with Crippen molar-refractivity contribution in [3.63, 3.8) is 0 Å². The Labute approximate surface area is 208 Å². The van der Waals surface area contributed by atoms with Gasteiger partial charge in [-0.1, -0.05) is 36.4 Å². The molecular weight excluding hydrogens is 460 g/mol. The van der Waals surface area contributed by atoms with Crippen LogP contribution in [0.1, 0.15) is 35.4 Å². The lowest BCUT2D eigenvalue weighted by Gasteiger charge is -2.34. The van der Waals surface area contributed by atoms with Gasteiger partial charge in [-0.25, -0.2) is 9.97 Å². The van der Waals surface area contributed by atoms with Gasteiger partial charge >= 0.3 is 0 Å². The summed E-state index contributed by atoms with van der Waals surface area (Å²) in [6.07, 6.45) is 6.14. The Morgan fingerprint density at radius 2 is 1.91 bits per heavy atom. The van der Waals surface area contributed by atoms with Crippen LogP contribution in [-0.2, 0) is 16.9 Å². The number of nitrogens with zero attached hydrogens (tertiary/aromatic N) is 3. The van der Waals surface area contributed by atoms with Crippen LogP contribution in [0.25, 0.3) is 10.4 Å². The lowest BCUT2D eigenvalue weighted by molar-refractivity contribution is -0.0389. The SMILES string of the molecule is Cc1cc(Nc2nccc(OCCOCc3ccccc3)n2)cc(-c2cnc(C3(O)CCC3)s2)c1. The van der Waals surface area contributed by atoms with Gasteiger partial charge in [0.2, 0.25) is 11.8 Å². The Hall–Kier alpha value is -3.33. The number of hydrogen-bond donors (Lipinski definition) is 2. The molecule has 1 saturated carbocycles. The smallest absolute Gasteiger partial charge is 0.230 e. The third-order valence-electron chi connectivity index (χ3n) is 5.92. The van der Waals surface area contributed by atoms with Crippen molar-refractivity contribution in [2.45, 2.75) is 38.4 Å². The second-order valence-electron chi connectivity index (χ2n) is 8.73. The standard InChI is InChI=1S/C27H28N4O3S/c1-19-14-21(23-17-29-25(35-23)27(32)9-5-10-27)16-22(15-19)30-26-28-11-8-24(31-26)34-13-12-33-18-20-6-3-2-4-7-20/h2-4,6-8,11,14-17,32H,5,9-10,12-13,18H2,1H3,(H,28,30,31). The molecule has 7 nitrogen and oxygen atoms in total. The van der Waals surface area contributed by atoms with Gasteiger partial charge in [-0.2, -0.15) is 4.98 Å². The van der Waals surface area contributed by atoms with E-state index >= 15 is 0 Å². The van der Waals surface area contributed by atoms with Gasteiger partial charge in [-0.05, 0) is 55.0 Å². The molecule has 0 unspecified atom stereocenters. The van der Waals surface area contributed by atoms with Gasteiger partial charge in [0.25, 0.3) is 0 Å². The van der Waals surface area contributed by atoms with Gasteiger partial charge in [-0.3, -0.25) is 0 Å². The molecule has 2 aromatic carbocycles. The summed E-state index contributed by atoms with van der Waals surface area (Å²) in [4.78, 5) is 14.3. The van der Waals surface area contributed by atoms with Gasteiger partial charge < -0.3 is 19.9 Å². The Bertz CT molecular complexity index is 1270. The minimum atomic E-state index is -0.741. The highest BCUT2D eigenvalue weighted by Crippen LogP contribution is 2.44. The lowest BCUT2D eigenvalue weighted by Crippen LogP contribution is -2.33. The molecular formula is C27H28N4O3S. The number of anilines is 2. The van der Waals surface area contributed by atoms with Crippen LogP contribution in [0.3, 0.4) is 0 Å². The zero-order chi connectivity index (χ0) is 24.1. The number of nitrogens with one attached hydrogen (secondary N) is 1. The fraction of sp³-hybridized carbons (Fsp3) is 0.296. The zero-order valence-corrected chi connectivity index (χ0v) is 20.4. The van der Waals surface area contributed by atoms with Crippen molar-refractivity contribution in [3.05, 3.63) is 83.1 Å². The van der Waals surface area contributed by atoms with Crippen LogP contribution in [0.4, 0.5) is 11.6 Å². The summed E-state index contributed by atoms with van der Waals surface area (Å²) < 4.78 is 11.4. The molecule has 5 rings (SSSR count). The van der Waals surface area contributed by atoms with Crippen LogP contribution in [0.15, 0.2) is 67.0 Å². The van der Waals surface area contributed by atoms with Crippen LogP contribution in [0, 0.1) is 6.92 Å². The molecule has 180 valence electrons. The predicted molar refractivity (Wildman–Crippen MR) is 137 cm³/mol. The van der Waals surface area contributed by atoms with Gasteiger partial charge in [0, 0.05) is 24.1 Å². The predicted octanol–water partition coefficient (Wildman–Crippen LogP) is 5.62. The summed E-state index contributed by atoms with van der Waals surface area (Å²) in [5, 5.41) is 14.7. The summed E-state index contributed by atoms with van der Waals surface area (Å²) >= 11 is 1.55. The molecule has 2 heterocycles. The third-order valence-corrected chi connectivity index (χ3v) is 7.16. The highest BCUT2D eigenvalue weighted by Gasteiger charge is 2.39. The van der Waals surface area contributed by atoms with Crippen molar-refractivity contribution in [2.24, 2.45) is 0 Å². The summed E-state index contributed by atoms with van der Waals surface area (Å²) in [6.45, 7) is 3.47. The Balaban J connectivity index is 1.19. The minimum absolute atomic E-state index is 0.401. The summed E-state index contributed by atoms with van der Waals surface area (Å²) in [5.74, 6) is 0.942. The number of benzene rings is 2. The molecule has 0 atom stereocenters. The molecule has 1 aliphatic carbocycles. The molecule has 0 bridgehead atoms. The quantitative estimate of drug-likeness (QED) is 0.280. The van der Waals surface area contributed by atoms with E-state index in [0.29, 0.717) is 31.6 Å². The molecule has 8 heteroatoms. The molecule has 0 saturated heterocycles. The van der Waals surface area contributed by atoms with Crippen LogP contribution in [0.5, 0.6) is 5.88 Å². The second-order valence-corrected chi connectivity index (χ2v) is 9.76. The fourth-order valence-corrected chi connectivity index (χ4v) is 4.98. The molecule has 1 aliphatic rings. The van der Waals surface area contributed by atoms with Gasteiger partial charge in [0.05, 0.1) is 18.1 Å². The van der Waals surface area contributed by atoms with Crippen LogP contribution < -0.4 is 10.1 Å². The lowest BCUT2D eigenvalue weighted by atomic mass is 9.81. The first-order valence-corrected chi connectivity index (χ1v) is 12.5. The van der Waals surface area contributed by atoms with Crippen LogP contribution in [0.2, 0.25) is 0 Å². The van der Waals surface area contributed by atoms with Gasteiger partial charge in [0.15, 0.2) is 0 Å². The number of ether oxygens (including phenoxy) is 2. The van der Waals surface area contributed by atoms with E-state index in [4.69, 9.17) is 9.47 Å². The highest BCUT2D eigenvalue weighted by molar-refractivity contribution is 7.15. The van der Waals surface area contributed by atoms with Crippen LogP contribution in [-0.4, -0.2) is 33.3 Å². The van der Waals surface area contributed by atoms with E-state index < -0.39 is 5.60 Å². The maximum absolute atomic E-state index is 10.6. The first-order valence-electron chi connectivity index (χ1n) is 11.7. The number of aryl methyl sites for hydroxylation is 1. The summed E-state index contributed by atoms with van der Waals surface area (Å²) in [6, 6.07) is 18.0. The third kappa shape index (κ3) is 5.85. The molecule has 0 spiro atoms. The van der Waals surface area contributed by atoms with E-state index in [2.05, 4.69) is 26.3 Å². The first-order chi connectivity index (χ1) is 17.1. The van der Waals surface area contributed by atoms with Crippen molar-refractivity contribution in [1.29, 1.82) is 0 Å². The number of thiazole rings is 1. The first kappa shape index (κ1) is 23.4. The maximum atomic E-state index is 10.6. The van der Waals surface area contributed by atoms with E-state index in [1.165, 1.54) is 0 Å². The van der Waals surface area contributed by atoms with Gasteiger partial charge in [-0.15, -0.1) is 11.3 Å². The van der Waals surface area contributed by atoms with Crippen molar-refractivity contribution in [3.8, 4) is 16.3 Å². The molecule has 4 aromatic rings. The largest absolute Gasteiger partial charge is 0.475 e. The molecule has 2 N–H and O–H groups in total. The minimum Gasteiger partial charge on any atom is -0.475 e. The normalized spacial score (nSPS) is 14.3. The van der Waals surface area contributed by atoms with Crippen molar-refractivity contribution in [2.75, 3.05) is 18.5 Å². The number of rotatable bonds is 10.